The average Bonchev–Trinajstić information content (AvgIpc) is 3.88. The van der Waals surface area contributed by atoms with Gasteiger partial charge in [-0.3, -0.25) is 0 Å². The number of thiophene rings is 1. The molecule has 2 heterocycles. The molecule has 2 aliphatic rings. The number of fused-ring (bicyclic) bond motifs is 6. The lowest BCUT2D eigenvalue weighted by atomic mass is 9.89. The second-order valence-electron chi connectivity index (χ2n) is 15.1. The Morgan fingerprint density at radius 1 is 0.431 bits per heavy atom. The fourth-order valence-corrected chi connectivity index (χ4v) is 11.7. The number of hydrogen-bond donors (Lipinski definition) is 0. The molecule has 1 aliphatic carbocycles. The first-order valence-electron chi connectivity index (χ1n) is 20.2. The van der Waals surface area contributed by atoms with Crippen molar-refractivity contribution in [3.63, 3.8) is 0 Å². The van der Waals surface area contributed by atoms with Crippen molar-refractivity contribution in [2.24, 2.45) is 0 Å². The minimum absolute atomic E-state index is 0.441. The zero-order valence-corrected chi connectivity index (χ0v) is 33.5. The first-order valence-corrected chi connectivity index (χ1v) is 21.8. The second-order valence-corrected chi connectivity index (χ2v) is 17.4. The van der Waals surface area contributed by atoms with Crippen LogP contribution in [0.5, 0.6) is 0 Å². The number of allylic oxidation sites excluding steroid dienone is 2. The summed E-state index contributed by atoms with van der Waals surface area (Å²) in [7, 11) is 0. The highest BCUT2D eigenvalue weighted by Crippen LogP contribution is 2.56. The summed E-state index contributed by atoms with van der Waals surface area (Å²) in [5.74, 6) is 0.441. The van der Waals surface area contributed by atoms with Crippen LogP contribution in [-0.2, 0) is 0 Å². The Hall–Kier alpha value is -6.33. The number of benzene rings is 8. The van der Waals surface area contributed by atoms with Crippen LogP contribution in [0.15, 0.2) is 211 Å². The minimum atomic E-state index is 0.441. The van der Waals surface area contributed by atoms with E-state index in [2.05, 4.69) is 228 Å². The summed E-state index contributed by atoms with van der Waals surface area (Å²) in [5.41, 5.74) is 13.2. The van der Waals surface area contributed by atoms with E-state index in [0.29, 0.717) is 11.2 Å². The molecule has 0 amide bonds. The third-order valence-corrected chi connectivity index (χ3v) is 14.4. The van der Waals surface area contributed by atoms with E-state index in [0.717, 1.165) is 29.2 Å². The zero-order valence-electron chi connectivity index (χ0n) is 31.9. The van der Waals surface area contributed by atoms with E-state index in [-0.39, 0.29) is 0 Å². The predicted octanol–water partition coefficient (Wildman–Crippen LogP) is 16.2. The van der Waals surface area contributed by atoms with Gasteiger partial charge in [-0.1, -0.05) is 152 Å². The SMILES string of the molecule is C1=CC2c3cccc(N(c4ccc(-c5ccccc5)cc4)c4ccccc4N(c4ccc(-c5ccccc5)cc4)c4cccc5c4sc4ccccc45)c3SC2CC1. The molecule has 11 rings (SSSR count). The molecule has 0 N–H and O–H groups in total. The van der Waals surface area contributed by atoms with Crippen molar-refractivity contribution in [3.8, 4) is 22.3 Å². The molecule has 58 heavy (non-hydrogen) atoms. The molecule has 1 aliphatic heterocycles. The number of para-hydroxylation sites is 2. The monoisotopic (exact) mass is 780 g/mol. The lowest BCUT2D eigenvalue weighted by molar-refractivity contribution is 0.683. The lowest BCUT2D eigenvalue weighted by Crippen LogP contribution is -2.17. The topological polar surface area (TPSA) is 6.48 Å². The van der Waals surface area contributed by atoms with Crippen LogP contribution in [0.25, 0.3) is 42.4 Å². The Morgan fingerprint density at radius 3 is 1.62 bits per heavy atom. The maximum atomic E-state index is 2.52. The average molecular weight is 781 g/mol. The number of nitrogens with zero attached hydrogens (tertiary/aromatic N) is 2. The van der Waals surface area contributed by atoms with Crippen LogP contribution in [0.3, 0.4) is 0 Å². The summed E-state index contributed by atoms with van der Waals surface area (Å²) in [6.45, 7) is 0. The van der Waals surface area contributed by atoms with E-state index in [9.17, 15) is 0 Å². The molecule has 2 atom stereocenters. The molecule has 4 heteroatoms. The molecule has 2 nitrogen and oxygen atoms in total. The summed E-state index contributed by atoms with van der Waals surface area (Å²) >= 11 is 3.95. The Balaban J connectivity index is 1.14. The number of thioether (sulfide) groups is 1. The molecule has 8 aromatic carbocycles. The molecule has 0 fully saturated rings. The molecular formula is C54H40N2S2. The van der Waals surface area contributed by atoms with Crippen molar-refractivity contribution in [1.82, 2.24) is 0 Å². The molecule has 0 spiro atoms. The lowest BCUT2D eigenvalue weighted by Gasteiger charge is -2.34. The van der Waals surface area contributed by atoms with Crippen molar-refractivity contribution in [2.75, 3.05) is 9.80 Å². The summed E-state index contributed by atoms with van der Waals surface area (Å²) < 4.78 is 2.57. The van der Waals surface area contributed by atoms with Crippen LogP contribution in [0.2, 0.25) is 0 Å². The van der Waals surface area contributed by atoms with E-state index in [1.54, 1.807) is 0 Å². The van der Waals surface area contributed by atoms with Gasteiger partial charge in [-0.25, -0.2) is 0 Å². The largest absolute Gasteiger partial charge is 0.307 e. The predicted molar refractivity (Wildman–Crippen MR) is 250 cm³/mol. The maximum absolute atomic E-state index is 2.52. The van der Waals surface area contributed by atoms with Crippen molar-refractivity contribution < 1.29 is 0 Å². The number of anilines is 6. The van der Waals surface area contributed by atoms with Crippen LogP contribution < -0.4 is 9.80 Å². The van der Waals surface area contributed by atoms with Gasteiger partial charge in [0, 0.05) is 42.9 Å². The fraction of sp³-hybridized carbons (Fsp3) is 0.0741. The van der Waals surface area contributed by atoms with Gasteiger partial charge in [0.05, 0.1) is 27.4 Å². The van der Waals surface area contributed by atoms with Gasteiger partial charge in [-0.2, -0.15) is 0 Å². The normalized spacial score (nSPS) is 15.7. The van der Waals surface area contributed by atoms with Crippen LogP contribution in [-0.4, -0.2) is 5.25 Å². The molecule has 0 radical (unpaired) electrons. The van der Waals surface area contributed by atoms with Crippen LogP contribution in [0.1, 0.15) is 24.3 Å². The van der Waals surface area contributed by atoms with Crippen molar-refractivity contribution in [2.45, 2.75) is 28.9 Å². The molecular weight excluding hydrogens is 741 g/mol. The fourth-order valence-electron chi connectivity index (χ4n) is 8.94. The van der Waals surface area contributed by atoms with Gasteiger partial charge in [0.25, 0.3) is 0 Å². The van der Waals surface area contributed by atoms with Gasteiger partial charge in [0.1, 0.15) is 0 Å². The van der Waals surface area contributed by atoms with Crippen molar-refractivity contribution in [3.05, 3.63) is 212 Å². The smallest absolute Gasteiger partial charge is 0.0703 e. The van der Waals surface area contributed by atoms with Gasteiger partial charge < -0.3 is 9.80 Å². The highest BCUT2D eigenvalue weighted by atomic mass is 32.2. The molecule has 278 valence electrons. The quantitative estimate of drug-likeness (QED) is 0.142. The summed E-state index contributed by atoms with van der Waals surface area (Å²) in [6.07, 6.45) is 7.19. The summed E-state index contributed by atoms with van der Waals surface area (Å²) in [4.78, 5) is 6.40. The van der Waals surface area contributed by atoms with Gasteiger partial charge in [-0.15, -0.1) is 23.1 Å². The summed E-state index contributed by atoms with van der Waals surface area (Å²) in [6, 6.07) is 71.2. The van der Waals surface area contributed by atoms with E-state index in [1.165, 1.54) is 70.7 Å². The molecule has 0 bridgehead atoms. The molecule has 0 saturated carbocycles. The van der Waals surface area contributed by atoms with Crippen molar-refractivity contribution in [1.29, 1.82) is 0 Å². The highest BCUT2D eigenvalue weighted by Gasteiger charge is 2.36. The first-order chi connectivity index (χ1) is 28.8. The molecule has 0 saturated heterocycles. The molecule has 1 aromatic heterocycles. The number of rotatable bonds is 8. The van der Waals surface area contributed by atoms with Crippen LogP contribution in [0, 0.1) is 0 Å². The zero-order chi connectivity index (χ0) is 38.4. The molecule has 2 unspecified atom stereocenters. The Labute approximate surface area is 348 Å². The summed E-state index contributed by atoms with van der Waals surface area (Å²) in [5, 5.41) is 3.14. The van der Waals surface area contributed by atoms with Gasteiger partial charge in [0.15, 0.2) is 0 Å². The Bertz CT molecular complexity index is 2930. The maximum Gasteiger partial charge on any atom is 0.0703 e. The Morgan fingerprint density at radius 2 is 0.948 bits per heavy atom. The third kappa shape index (κ3) is 6.12. The van der Waals surface area contributed by atoms with Gasteiger partial charge >= 0.3 is 0 Å². The van der Waals surface area contributed by atoms with Crippen LogP contribution >= 0.6 is 23.1 Å². The van der Waals surface area contributed by atoms with Crippen LogP contribution in [0.4, 0.5) is 34.1 Å². The van der Waals surface area contributed by atoms with E-state index >= 15 is 0 Å². The first kappa shape index (κ1) is 34.9. The Kier molecular flexibility index (Phi) is 8.95. The van der Waals surface area contributed by atoms with E-state index in [1.807, 2.05) is 11.3 Å². The standard InChI is InChI=1S/C54H40N2S2/c1-3-15-37(16-4-1)39-29-33-41(34-30-39)55(49-25-13-21-45-43-19-7-11-27-51(43)57-53(45)49)47-23-9-10-24-48(47)56(42-35-31-40(32-36-42)38-17-5-2-6-18-38)50-26-14-22-46-44-20-8-12-28-52(44)58-54(46)50/h1-11,13-27,29-36,44,52H,12,28H2. The van der Waals surface area contributed by atoms with E-state index in [4.69, 9.17) is 0 Å². The third-order valence-electron chi connectivity index (χ3n) is 11.7. The van der Waals surface area contributed by atoms with E-state index < -0.39 is 0 Å². The second kappa shape index (κ2) is 14.9. The molecule has 9 aromatic rings. The number of hydrogen-bond acceptors (Lipinski definition) is 4. The van der Waals surface area contributed by atoms with Gasteiger partial charge in [0.2, 0.25) is 0 Å². The van der Waals surface area contributed by atoms with Crippen molar-refractivity contribution >= 4 is 77.4 Å². The van der Waals surface area contributed by atoms with Gasteiger partial charge in [-0.05, 0) is 95.3 Å². The highest BCUT2D eigenvalue weighted by molar-refractivity contribution is 8.00. The minimum Gasteiger partial charge on any atom is -0.307 e.